The fourth-order valence-corrected chi connectivity index (χ4v) is 4.21. The Kier molecular flexibility index (Phi) is 2.64. The van der Waals surface area contributed by atoms with E-state index in [0.29, 0.717) is 0 Å². The van der Waals surface area contributed by atoms with Crippen molar-refractivity contribution in [1.29, 1.82) is 0 Å². The summed E-state index contributed by atoms with van der Waals surface area (Å²) in [6.45, 7) is 0. The van der Waals surface area contributed by atoms with E-state index in [2.05, 4.69) is 24.1 Å². The van der Waals surface area contributed by atoms with Gasteiger partial charge in [-0.3, -0.25) is 4.79 Å². The number of fused-ring (bicyclic) bond motifs is 8. The van der Waals surface area contributed by atoms with Crippen molar-refractivity contribution in [2.24, 2.45) is 7.05 Å². The largest absolute Gasteiger partial charge is 0.469 e. The molecular formula is C20H18N2O2. The Morgan fingerprint density at radius 3 is 2.67 bits per heavy atom. The maximum atomic E-state index is 13.1. The van der Waals surface area contributed by atoms with Crippen LogP contribution in [0.5, 0.6) is 5.75 Å². The monoisotopic (exact) mass is 318 g/mol. The highest BCUT2D eigenvalue weighted by Gasteiger charge is 2.40. The van der Waals surface area contributed by atoms with E-state index in [1.54, 1.807) is 4.57 Å². The lowest BCUT2D eigenvalue weighted by atomic mass is 9.81. The van der Waals surface area contributed by atoms with Crippen LogP contribution in [-0.4, -0.2) is 17.8 Å². The van der Waals surface area contributed by atoms with Crippen LogP contribution in [0.15, 0.2) is 53.3 Å². The van der Waals surface area contributed by atoms with E-state index in [9.17, 15) is 4.79 Å². The fourth-order valence-electron chi connectivity index (χ4n) is 4.21. The number of ether oxygens (including phenoxy) is 1. The molecule has 2 bridgehead atoms. The first-order chi connectivity index (χ1) is 11.7. The van der Waals surface area contributed by atoms with Crippen molar-refractivity contribution in [3.05, 3.63) is 70.0 Å². The SMILES string of the molecule is CN1c2ccccc2[C@@H]2C[C@H]1Oc1c2c(=O)n(C)c2ccccc12. The highest BCUT2D eigenvalue weighted by molar-refractivity contribution is 5.87. The second-order valence-electron chi connectivity index (χ2n) is 6.65. The number of para-hydroxylation sites is 2. The zero-order chi connectivity index (χ0) is 16.4. The summed E-state index contributed by atoms with van der Waals surface area (Å²) in [6, 6.07) is 16.3. The maximum absolute atomic E-state index is 13.1. The number of aromatic nitrogens is 1. The van der Waals surface area contributed by atoms with Crippen molar-refractivity contribution in [3.8, 4) is 5.75 Å². The average molecular weight is 318 g/mol. The molecular weight excluding hydrogens is 300 g/mol. The minimum absolute atomic E-state index is 0.0343. The van der Waals surface area contributed by atoms with Gasteiger partial charge in [0, 0.05) is 37.5 Å². The van der Waals surface area contributed by atoms with Crippen molar-refractivity contribution in [3.63, 3.8) is 0 Å². The predicted octanol–water partition coefficient (Wildman–Crippen LogP) is 3.23. The number of rotatable bonds is 0. The van der Waals surface area contributed by atoms with E-state index >= 15 is 0 Å². The Morgan fingerprint density at radius 1 is 1.04 bits per heavy atom. The lowest BCUT2D eigenvalue weighted by molar-refractivity contribution is 0.159. The molecule has 2 aromatic carbocycles. The van der Waals surface area contributed by atoms with Crippen molar-refractivity contribution in [2.75, 3.05) is 11.9 Å². The van der Waals surface area contributed by atoms with E-state index < -0.39 is 0 Å². The van der Waals surface area contributed by atoms with Gasteiger partial charge in [-0.1, -0.05) is 30.3 Å². The lowest BCUT2D eigenvalue weighted by Crippen LogP contribution is -2.46. The molecule has 5 rings (SSSR count). The summed E-state index contributed by atoms with van der Waals surface area (Å²) in [4.78, 5) is 15.3. The van der Waals surface area contributed by atoms with Gasteiger partial charge in [-0.15, -0.1) is 0 Å². The van der Waals surface area contributed by atoms with Gasteiger partial charge in [0.1, 0.15) is 5.75 Å². The Hall–Kier alpha value is -2.75. The summed E-state index contributed by atoms with van der Waals surface area (Å²) >= 11 is 0. The Balaban J connectivity index is 1.89. The van der Waals surface area contributed by atoms with Crippen LogP contribution in [0.3, 0.4) is 0 Å². The molecule has 3 heterocycles. The minimum atomic E-state index is -0.0343. The number of aryl methyl sites for hydroxylation is 1. The van der Waals surface area contributed by atoms with Gasteiger partial charge in [-0.2, -0.15) is 0 Å². The topological polar surface area (TPSA) is 34.5 Å². The molecule has 24 heavy (non-hydrogen) atoms. The summed E-state index contributed by atoms with van der Waals surface area (Å²) in [7, 11) is 3.91. The summed E-state index contributed by atoms with van der Waals surface area (Å²) in [6.07, 6.45) is 0.779. The van der Waals surface area contributed by atoms with Gasteiger partial charge in [0.15, 0.2) is 6.23 Å². The molecule has 3 aromatic rings. The lowest BCUT2D eigenvalue weighted by Gasteiger charge is -2.44. The molecule has 0 saturated heterocycles. The fraction of sp³-hybridized carbons (Fsp3) is 0.250. The van der Waals surface area contributed by atoms with Crippen molar-refractivity contribution < 1.29 is 4.74 Å². The zero-order valence-electron chi connectivity index (χ0n) is 13.7. The third-order valence-corrected chi connectivity index (χ3v) is 5.45. The molecule has 0 fully saturated rings. The molecule has 0 radical (unpaired) electrons. The summed E-state index contributed by atoms with van der Waals surface area (Å²) in [5, 5.41) is 1.01. The normalized spacial score (nSPS) is 21.2. The average Bonchev–Trinajstić information content (AvgIpc) is 2.64. The van der Waals surface area contributed by atoms with Gasteiger partial charge >= 0.3 is 0 Å². The van der Waals surface area contributed by atoms with Crippen LogP contribution < -0.4 is 15.2 Å². The predicted molar refractivity (Wildman–Crippen MR) is 94.9 cm³/mol. The molecule has 4 nitrogen and oxygen atoms in total. The molecule has 4 heteroatoms. The van der Waals surface area contributed by atoms with Crippen LogP contribution >= 0.6 is 0 Å². The quantitative estimate of drug-likeness (QED) is 0.638. The molecule has 1 aromatic heterocycles. The van der Waals surface area contributed by atoms with E-state index in [4.69, 9.17) is 4.74 Å². The van der Waals surface area contributed by atoms with Crippen LogP contribution in [0, 0.1) is 0 Å². The second-order valence-corrected chi connectivity index (χ2v) is 6.65. The van der Waals surface area contributed by atoms with E-state index in [-0.39, 0.29) is 17.7 Å². The molecule has 0 amide bonds. The number of hydrogen-bond donors (Lipinski definition) is 0. The van der Waals surface area contributed by atoms with Gasteiger partial charge in [0.05, 0.1) is 11.1 Å². The molecule has 0 aliphatic carbocycles. The standard InChI is InChI=1S/C20H18N2O2/c1-21-15-9-5-3-7-12(15)14-11-17(21)24-19-13-8-4-6-10-16(13)22(2)20(23)18(14)19/h3-10,14,17H,11H2,1-2H3/t14-,17+/m0/s1. The highest BCUT2D eigenvalue weighted by atomic mass is 16.5. The van der Waals surface area contributed by atoms with Crippen LogP contribution in [0.1, 0.15) is 23.5 Å². The molecule has 0 N–H and O–H groups in total. The first-order valence-corrected chi connectivity index (χ1v) is 8.27. The molecule has 0 saturated carbocycles. The van der Waals surface area contributed by atoms with Crippen LogP contribution in [0.4, 0.5) is 5.69 Å². The van der Waals surface area contributed by atoms with Crippen molar-refractivity contribution >= 4 is 16.6 Å². The van der Waals surface area contributed by atoms with Gasteiger partial charge < -0.3 is 14.2 Å². The number of nitrogens with zero attached hydrogens (tertiary/aromatic N) is 2. The second kappa shape index (κ2) is 4.63. The highest BCUT2D eigenvalue weighted by Crippen LogP contribution is 2.48. The van der Waals surface area contributed by atoms with Gasteiger partial charge in [0.2, 0.25) is 0 Å². The molecule has 2 atom stereocenters. The molecule has 0 unspecified atom stereocenters. The van der Waals surface area contributed by atoms with E-state index in [1.807, 2.05) is 43.4 Å². The Labute approximate surface area is 139 Å². The molecule has 2 aliphatic rings. The van der Waals surface area contributed by atoms with Gasteiger partial charge in [-0.25, -0.2) is 0 Å². The first kappa shape index (κ1) is 13.7. The molecule has 120 valence electrons. The maximum Gasteiger partial charge on any atom is 0.258 e. The third-order valence-electron chi connectivity index (χ3n) is 5.45. The number of anilines is 1. The number of hydrogen-bond acceptors (Lipinski definition) is 3. The van der Waals surface area contributed by atoms with Crippen LogP contribution in [0.2, 0.25) is 0 Å². The van der Waals surface area contributed by atoms with Crippen molar-refractivity contribution in [1.82, 2.24) is 4.57 Å². The number of pyridine rings is 1. The summed E-state index contributed by atoms with van der Waals surface area (Å²) in [5.74, 6) is 0.853. The van der Waals surface area contributed by atoms with Crippen molar-refractivity contribution in [2.45, 2.75) is 18.6 Å². The van der Waals surface area contributed by atoms with E-state index in [1.165, 1.54) is 5.56 Å². The van der Waals surface area contributed by atoms with Crippen LogP contribution in [0.25, 0.3) is 10.9 Å². The third kappa shape index (κ3) is 1.60. The first-order valence-electron chi connectivity index (χ1n) is 8.27. The smallest absolute Gasteiger partial charge is 0.258 e. The van der Waals surface area contributed by atoms with Crippen LogP contribution in [-0.2, 0) is 7.05 Å². The minimum Gasteiger partial charge on any atom is -0.469 e. The zero-order valence-corrected chi connectivity index (χ0v) is 13.7. The Bertz CT molecular complexity index is 1040. The summed E-state index contributed by atoms with van der Waals surface area (Å²) in [5.41, 5.74) is 4.13. The van der Waals surface area contributed by atoms with Gasteiger partial charge in [0.25, 0.3) is 5.56 Å². The summed E-state index contributed by atoms with van der Waals surface area (Å²) < 4.78 is 8.08. The van der Waals surface area contributed by atoms with Gasteiger partial charge in [-0.05, 0) is 23.8 Å². The molecule has 2 aliphatic heterocycles. The van der Waals surface area contributed by atoms with E-state index in [0.717, 1.165) is 34.3 Å². The Morgan fingerprint density at radius 2 is 1.79 bits per heavy atom. The number of benzene rings is 2. The molecule has 0 spiro atoms.